The van der Waals surface area contributed by atoms with E-state index < -0.39 is 5.97 Å². The summed E-state index contributed by atoms with van der Waals surface area (Å²) in [5.41, 5.74) is 0.833. The van der Waals surface area contributed by atoms with Gasteiger partial charge in [0.1, 0.15) is 0 Å². The second-order valence-corrected chi connectivity index (χ2v) is 4.82. The molecule has 0 unspecified atom stereocenters. The molecule has 0 heterocycles. The Balaban J connectivity index is 2.64. The van der Waals surface area contributed by atoms with Gasteiger partial charge in [0.15, 0.2) is 0 Å². The molecule has 120 valence electrons. The maximum Gasteiger partial charge on any atom is 0.335 e. The Bertz CT molecular complexity index is 543. The molecular formula is C16H22N2O4. The lowest BCUT2D eigenvalue weighted by Gasteiger charge is -2.20. The molecule has 6 nitrogen and oxygen atoms in total. The molecule has 1 aromatic rings. The van der Waals surface area contributed by atoms with Gasteiger partial charge in [0, 0.05) is 19.5 Å². The highest BCUT2D eigenvalue weighted by molar-refractivity contribution is 5.90. The monoisotopic (exact) mass is 306 g/mol. The highest BCUT2D eigenvalue weighted by atomic mass is 16.4. The molecule has 0 radical (unpaired) electrons. The summed E-state index contributed by atoms with van der Waals surface area (Å²) in [5.74, 6) is -1.35. The maximum absolute atomic E-state index is 12.2. The van der Waals surface area contributed by atoms with Crippen LogP contribution in [0.2, 0.25) is 0 Å². The number of rotatable bonds is 8. The van der Waals surface area contributed by atoms with Crippen LogP contribution >= 0.6 is 0 Å². The van der Waals surface area contributed by atoms with Crippen LogP contribution in [-0.2, 0) is 16.0 Å². The number of hydrogen-bond acceptors (Lipinski definition) is 3. The molecule has 0 aliphatic rings. The summed E-state index contributed by atoms with van der Waals surface area (Å²) >= 11 is 0. The highest BCUT2D eigenvalue weighted by Gasteiger charge is 2.16. The second-order valence-electron chi connectivity index (χ2n) is 4.82. The zero-order valence-electron chi connectivity index (χ0n) is 13.0. The van der Waals surface area contributed by atoms with E-state index in [1.807, 2.05) is 13.8 Å². The average Bonchev–Trinajstić information content (AvgIpc) is 2.50. The SMILES string of the molecule is CCNC(=O)CN(CC)C(=O)CCc1ccccc1C(=O)O. The molecule has 0 fully saturated rings. The quantitative estimate of drug-likeness (QED) is 0.758. The van der Waals surface area contributed by atoms with Gasteiger partial charge in [-0.1, -0.05) is 18.2 Å². The molecule has 2 N–H and O–H groups in total. The second kappa shape index (κ2) is 8.81. The number of likely N-dealkylation sites (N-methyl/N-ethyl adjacent to an activating group) is 2. The number of aromatic carboxylic acids is 1. The molecule has 22 heavy (non-hydrogen) atoms. The Hall–Kier alpha value is -2.37. The van der Waals surface area contributed by atoms with E-state index in [4.69, 9.17) is 5.11 Å². The molecule has 2 amide bonds. The van der Waals surface area contributed by atoms with Crippen LogP contribution < -0.4 is 5.32 Å². The third-order valence-electron chi connectivity index (χ3n) is 3.30. The van der Waals surface area contributed by atoms with Gasteiger partial charge in [0.25, 0.3) is 0 Å². The van der Waals surface area contributed by atoms with Crippen molar-refractivity contribution in [2.45, 2.75) is 26.7 Å². The number of hydrogen-bond donors (Lipinski definition) is 2. The number of nitrogens with zero attached hydrogens (tertiary/aromatic N) is 1. The van der Waals surface area contributed by atoms with Gasteiger partial charge in [-0.05, 0) is 31.9 Å². The van der Waals surface area contributed by atoms with Gasteiger partial charge in [0.05, 0.1) is 12.1 Å². The molecule has 0 bridgehead atoms. The van der Waals surface area contributed by atoms with E-state index in [1.165, 1.54) is 11.0 Å². The topological polar surface area (TPSA) is 86.7 Å². The van der Waals surface area contributed by atoms with Crippen molar-refractivity contribution in [2.75, 3.05) is 19.6 Å². The number of carboxylic acids is 1. The number of nitrogens with one attached hydrogen (secondary N) is 1. The van der Waals surface area contributed by atoms with Crippen molar-refractivity contribution in [1.82, 2.24) is 10.2 Å². The standard InChI is InChI=1S/C16H22N2O4/c1-3-17-14(19)11-18(4-2)15(20)10-9-12-7-5-6-8-13(12)16(21)22/h5-8H,3-4,9-11H2,1-2H3,(H,17,19)(H,21,22). The van der Waals surface area contributed by atoms with E-state index in [1.54, 1.807) is 18.2 Å². The van der Waals surface area contributed by atoms with Crippen LogP contribution in [0.25, 0.3) is 0 Å². The molecule has 0 spiro atoms. The molecule has 1 rings (SSSR count). The summed E-state index contributed by atoms with van der Waals surface area (Å²) in [6.45, 7) is 4.62. The van der Waals surface area contributed by atoms with E-state index in [0.29, 0.717) is 25.1 Å². The lowest BCUT2D eigenvalue weighted by Crippen LogP contribution is -2.40. The van der Waals surface area contributed by atoms with Gasteiger partial charge < -0.3 is 15.3 Å². The van der Waals surface area contributed by atoms with Crippen molar-refractivity contribution >= 4 is 17.8 Å². The van der Waals surface area contributed by atoms with Gasteiger partial charge >= 0.3 is 5.97 Å². The minimum absolute atomic E-state index is 0.0315. The summed E-state index contributed by atoms with van der Waals surface area (Å²) < 4.78 is 0. The van der Waals surface area contributed by atoms with E-state index in [2.05, 4.69) is 5.32 Å². The number of carbonyl (C=O) groups is 3. The first-order valence-electron chi connectivity index (χ1n) is 7.35. The van der Waals surface area contributed by atoms with Crippen molar-refractivity contribution in [3.8, 4) is 0 Å². The number of amides is 2. The average molecular weight is 306 g/mol. The predicted molar refractivity (Wildman–Crippen MR) is 82.7 cm³/mol. The van der Waals surface area contributed by atoms with Crippen molar-refractivity contribution in [3.63, 3.8) is 0 Å². The van der Waals surface area contributed by atoms with Crippen LogP contribution in [0.5, 0.6) is 0 Å². The Labute approximate surface area is 130 Å². The first-order valence-corrected chi connectivity index (χ1v) is 7.35. The Morgan fingerprint density at radius 3 is 2.45 bits per heavy atom. The van der Waals surface area contributed by atoms with Crippen LogP contribution in [0.4, 0.5) is 0 Å². The highest BCUT2D eigenvalue weighted by Crippen LogP contribution is 2.12. The zero-order valence-corrected chi connectivity index (χ0v) is 13.0. The Morgan fingerprint density at radius 2 is 1.86 bits per heavy atom. The van der Waals surface area contributed by atoms with Crippen LogP contribution in [0.1, 0.15) is 36.2 Å². The summed E-state index contributed by atoms with van der Waals surface area (Å²) in [6, 6.07) is 6.63. The van der Waals surface area contributed by atoms with Crippen LogP contribution in [-0.4, -0.2) is 47.4 Å². The number of aryl methyl sites for hydroxylation is 1. The molecule has 0 aromatic heterocycles. The van der Waals surface area contributed by atoms with Gasteiger partial charge in [-0.15, -0.1) is 0 Å². The fourth-order valence-electron chi connectivity index (χ4n) is 2.15. The molecule has 0 aliphatic heterocycles. The lowest BCUT2D eigenvalue weighted by molar-refractivity contribution is -0.135. The normalized spacial score (nSPS) is 10.1. The lowest BCUT2D eigenvalue weighted by atomic mass is 10.0. The van der Waals surface area contributed by atoms with E-state index in [0.717, 1.165) is 0 Å². The Kier molecular flexibility index (Phi) is 7.08. The molecule has 1 aromatic carbocycles. The number of carboxylic acid groups (broad SMARTS) is 1. The van der Waals surface area contributed by atoms with Gasteiger partial charge in [-0.3, -0.25) is 9.59 Å². The third-order valence-corrected chi connectivity index (χ3v) is 3.30. The largest absolute Gasteiger partial charge is 0.478 e. The van der Waals surface area contributed by atoms with E-state index in [9.17, 15) is 14.4 Å². The number of carbonyl (C=O) groups excluding carboxylic acids is 2. The minimum Gasteiger partial charge on any atom is -0.478 e. The van der Waals surface area contributed by atoms with E-state index in [-0.39, 0.29) is 30.3 Å². The molecular weight excluding hydrogens is 284 g/mol. The first-order chi connectivity index (χ1) is 10.5. The summed E-state index contributed by atoms with van der Waals surface area (Å²) in [7, 11) is 0. The van der Waals surface area contributed by atoms with Crippen molar-refractivity contribution < 1.29 is 19.5 Å². The fourth-order valence-corrected chi connectivity index (χ4v) is 2.15. The zero-order chi connectivity index (χ0) is 16.5. The molecule has 0 saturated carbocycles. The molecule has 0 atom stereocenters. The van der Waals surface area contributed by atoms with Crippen molar-refractivity contribution in [2.24, 2.45) is 0 Å². The predicted octanol–water partition coefficient (Wildman–Crippen LogP) is 1.30. The van der Waals surface area contributed by atoms with Gasteiger partial charge in [0.2, 0.25) is 11.8 Å². The first kappa shape index (κ1) is 17.7. The summed E-state index contributed by atoms with van der Waals surface area (Å²) in [4.78, 5) is 36.3. The van der Waals surface area contributed by atoms with Gasteiger partial charge in [-0.2, -0.15) is 0 Å². The molecule has 0 aliphatic carbocycles. The van der Waals surface area contributed by atoms with Gasteiger partial charge in [-0.25, -0.2) is 4.79 Å². The van der Waals surface area contributed by atoms with Crippen LogP contribution in [0.15, 0.2) is 24.3 Å². The molecule has 0 saturated heterocycles. The Morgan fingerprint density at radius 1 is 1.18 bits per heavy atom. The van der Waals surface area contributed by atoms with Crippen molar-refractivity contribution in [1.29, 1.82) is 0 Å². The van der Waals surface area contributed by atoms with Crippen LogP contribution in [0.3, 0.4) is 0 Å². The summed E-state index contributed by atoms with van der Waals surface area (Å²) in [5, 5.41) is 11.8. The van der Waals surface area contributed by atoms with Crippen LogP contribution in [0, 0.1) is 0 Å². The van der Waals surface area contributed by atoms with Crippen molar-refractivity contribution in [3.05, 3.63) is 35.4 Å². The minimum atomic E-state index is -1.00. The third kappa shape index (κ3) is 5.20. The molecule has 6 heteroatoms. The number of benzene rings is 1. The smallest absolute Gasteiger partial charge is 0.335 e. The summed E-state index contributed by atoms with van der Waals surface area (Å²) in [6.07, 6.45) is 0.519. The van der Waals surface area contributed by atoms with E-state index >= 15 is 0 Å². The fraction of sp³-hybridized carbons (Fsp3) is 0.438. The maximum atomic E-state index is 12.2.